The number of halogens is 1. The Morgan fingerprint density at radius 1 is 1.17 bits per heavy atom. The molecule has 1 aromatic heterocycles. The average molecular weight is 347 g/mol. The van der Waals surface area contributed by atoms with E-state index in [4.69, 9.17) is 21.1 Å². The first-order valence-corrected chi connectivity index (χ1v) is 7.54. The lowest BCUT2D eigenvalue weighted by molar-refractivity contribution is -0.143. The van der Waals surface area contributed by atoms with Crippen molar-refractivity contribution in [3.63, 3.8) is 0 Å². The molecule has 0 fully saturated rings. The quantitative estimate of drug-likeness (QED) is 0.737. The molecular weight excluding hydrogens is 332 g/mol. The van der Waals surface area contributed by atoms with Gasteiger partial charge in [0.15, 0.2) is 6.04 Å². The predicted molar refractivity (Wildman–Crippen MR) is 90.7 cm³/mol. The molecule has 0 amide bonds. The summed E-state index contributed by atoms with van der Waals surface area (Å²) >= 11 is 6.04. The summed E-state index contributed by atoms with van der Waals surface area (Å²) in [5.41, 5.74) is 1.30. The van der Waals surface area contributed by atoms with Gasteiger partial charge < -0.3 is 14.5 Å². The fourth-order valence-electron chi connectivity index (χ4n) is 2.64. The molecule has 7 heteroatoms. The topological polar surface area (TPSA) is 73.3 Å². The van der Waals surface area contributed by atoms with Gasteiger partial charge in [-0.05, 0) is 35.9 Å². The molecule has 1 heterocycles. The second-order valence-corrected chi connectivity index (χ2v) is 5.60. The van der Waals surface area contributed by atoms with E-state index in [1.807, 2.05) is 0 Å². The van der Waals surface area contributed by atoms with E-state index < -0.39 is 17.7 Å². The van der Waals surface area contributed by atoms with Gasteiger partial charge in [0.25, 0.3) is 0 Å². The molecule has 3 rings (SSSR count). The van der Waals surface area contributed by atoms with E-state index in [0.717, 1.165) is 0 Å². The maximum absolute atomic E-state index is 12.4. The van der Waals surface area contributed by atoms with Crippen LogP contribution in [0.25, 0.3) is 11.0 Å². The number of hydrogen-bond donors (Lipinski definition) is 1. The number of nitrogens with zero attached hydrogens (tertiary/aromatic N) is 1. The van der Waals surface area contributed by atoms with Gasteiger partial charge in [0.2, 0.25) is 0 Å². The summed E-state index contributed by atoms with van der Waals surface area (Å²) in [5.74, 6) is 0.0971. The van der Waals surface area contributed by atoms with Crippen molar-refractivity contribution in [2.24, 2.45) is 0 Å². The number of ether oxygens (including phenoxy) is 2. The van der Waals surface area contributed by atoms with Gasteiger partial charge in [-0.25, -0.2) is 9.59 Å². The third-order valence-corrected chi connectivity index (χ3v) is 4.03. The van der Waals surface area contributed by atoms with Crippen LogP contribution in [0.3, 0.4) is 0 Å². The van der Waals surface area contributed by atoms with Crippen molar-refractivity contribution in [2.45, 2.75) is 6.04 Å². The van der Waals surface area contributed by atoms with Crippen LogP contribution in [-0.2, 0) is 9.53 Å². The Balaban J connectivity index is 2.23. The Labute approximate surface area is 142 Å². The maximum atomic E-state index is 12.4. The van der Waals surface area contributed by atoms with Crippen LogP contribution >= 0.6 is 11.6 Å². The monoisotopic (exact) mass is 346 g/mol. The molecule has 1 unspecified atom stereocenters. The van der Waals surface area contributed by atoms with Gasteiger partial charge in [-0.2, -0.15) is 0 Å². The second-order valence-electron chi connectivity index (χ2n) is 5.16. The fraction of sp³-hybridized carbons (Fsp3) is 0.176. The van der Waals surface area contributed by atoms with Crippen LogP contribution in [0, 0.1) is 0 Å². The smallest absolute Gasteiger partial charge is 0.333 e. The normalized spacial score (nSPS) is 12.1. The third kappa shape index (κ3) is 2.76. The number of methoxy groups -OCH3 is 2. The molecule has 0 aliphatic heterocycles. The van der Waals surface area contributed by atoms with Gasteiger partial charge in [0, 0.05) is 5.02 Å². The molecule has 0 radical (unpaired) electrons. The largest absolute Gasteiger partial charge is 0.497 e. The summed E-state index contributed by atoms with van der Waals surface area (Å²) in [6.45, 7) is 0. The standard InChI is InChI=1S/C17H15ClN2O4/c1-23-12-6-3-10(4-7-12)15(16(21)24-2)20-14-9-11(18)5-8-13(14)19-17(20)22/h3-9,15H,1-2H3,(H,19,22). The van der Waals surface area contributed by atoms with Crippen LogP contribution in [0.15, 0.2) is 47.3 Å². The van der Waals surface area contributed by atoms with E-state index in [1.54, 1.807) is 49.6 Å². The molecular formula is C17H15ClN2O4. The van der Waals surface area contributed by atoms with Gasteiger partial charge in [-0.1, -0.05) is 23.7 Å². The number of nitrogens with one attached hydrogen (secondary N) is 1. The molecule has 3 aromatic rings. The predicted octanol–water partition coefficient (Wildman–Crippen LogP) is 2.75. The molecule has 1 N–H and O–H groups in total. The Hall–Kier alpha value is -2.73. The lowest BCUT2D eigenvalue weighted by Gasteiger charge is -2.17. The van der Waals surface area contributed by atoms with Crippen LogP contribution in [0.4, 0.5) is 0 Å². The fourth-order valence-corrected chi connectivity index (χ4v) is 2.81. The summed E-state index contributed by atoms with van der Waals surface area (Å²) in [6.07, 6.45) is 0. The highest BCUT2D eigenvalue weighted by atomic mass is 35.5. The maximum Gasteiger partial charge on any atom is 0.333 e. The number of imidazole rings is 1. The highest BCUT2D eigenvalue weighted by Gasteiger charge is 2.27. The third-order valence-electron chi connectivity index (χ3n) is 3.79. The zero-order valence-electron chi connectivity index (χ0n) is 13.1. The summed E-state index contributed by atoms with van der Waals surface area (Å²) in [4.78, 5) is 27.5. The molecule has 6 nitrogen and oxygen atoms in total. The summed E-state index contributed by atoms with van der Waals surface area (Å²) in [5, 5.41) is 0.466. The van der Waals surface area contributed by atoms with E-state index in [-0.39, 0.29) is 0 Å². The number of carbonyl (C=O) groups is 1. The molecule has 0 aliphatic carbocycles. The highest BCUT2D eigenvalue weighted by Crippen LogP contribution is 2.26. The number of carbonyl (C=O) groups excluding carboxylic acids is 1. The van der Waals surface area contributed by atoms with Crippen molar-refractivity contribution < 1.29 is 14.3 Å². The molecule has 2 aromatic carbocycles. The first-order valence-electron chi connectivity index (χ1n) is 7.16. The van der Waals surface area contributed by atoms with E-state index in [2.05, 4.69) is 4.98 Å². The number of aromatic amines is 1. The van der Waals surface area contributed by atoms with Crippen molar-refractivity contribution in [3.8, 4) is 5.75 Å². The van der Waals surface area contributed by atoms with E-state index >= 15 is 0 Å². The minimum atomic E-state index is -0.930. The zero-order valence-corrected chi connectivity index (χ0v) is 13.8. The molecule has 0 saturated heterocycles. The number of H-pyrrole nitrogens is 1. The van der Waals surface area contributed by atoms with Crippen molar-refractivity contribution in [3.05, 3.63) is 63.5 Å². The average Bonchev–Trinajstić information content (AvgIpc) is 2.91. The van der Waals surface area contributed by atoms with E-state index in [9.17, 15) is 9.59 Å². The molecule has 124 valence electrons. The van der Waals surface area contributed by atoms with E-state index in [1.165, 1.54) is 11.7 Å². The van der Waals surface area contributed by atoms with E-state index in [0.29, 0.717) is 27.4 Å². The first-order chi connectivity index (χ1) is 11.5. The highest BCUT2D eigenvalue weighted by molar-refractivity contribution is 6.31. The van der Waals surface area contributed by atoms with Crippen LogP contribution < -0.4 is 10.4 Å². The minimum absolute atomic E-state index is 0.418. The summed E-state index contributed by atoms with van der Waals surface area (Å²) in [6, 6.07) is 10.9. The van der Waals surface area contributed by atoms with Gasteiger partial charge in [0.1, 0.15) is 5.75 Å². The number of fused-ring (bicyclic) bond motifs is 1. The number of rotatable bonds is 4. The molecule has 1 atom stereocenters. The van der Waals surface area contributed by atoms with Crippen LogP contribution in [-0.4, -0.2) is 29.7 Å². The number of hydrogen-bond acceptors (Lipinski definition) is 4. The number of benzene rings is 2. The Bertz CT molecular complexity index is 943. The lowest BCUT2D eigenvalue weighted by Crippen LogP contribution is -2.29. The van der Waals surface area contributed by atoms with Crippen LogP contribution in [0.2, 0.25) is 5.02 Å². The van der Waals surface area contributed by atoms with Crippen LogP contribution in [0.1, 0.15) is 11.6 Å². The van der Waals surface area contributed by atoms with Crippen molar-refractivity contribution >= 4 is 28.6 Å². The van der Waals surface area contributed by atoms with Gasteiger partial charge >= 0.3 is 11.7 Å². The van der Waals surface area contributed by atoms with Crippen molar-refractivity contribution in [1.29, 1.82) is 0 Å². The lowest BCUT2D eigenvalue weighted by atomic mass is 10.1. The van der Waals surface area contributed by atoms with Gasteiger partial charge in [-0.15, -0.1) is 0 Å². The van der Waals surface area contributed by atoms with Crippen LogP contribution in [0.5, 0.6) is 5.75 Å². The number of esters is 1. The molecule has 0 saturated carbocycles. The Kier molecular flexibility index (Phi) is 4.31. The summed E-state index contributed by atoms with van der Waals surface area (Å²) in [7, 11) is 2.84. The minimum Gasteiger partial charge on any atom is -0.497 e. The molecule has 0 spiro atoms. The van der Waals surface area contributed by atoms with Crippen molar-refractivity contribution in [1.82, 2.24) is 9.55 Å². The number of aromatic nitrogens is 2. The first kappa shape index (κ1) is 16.1. The second kappa shape index (κ2) is 6.41. The molecule has 0 bridgehead atoms. The summed E-state index contributed by atoms with van der Waals surface area (Å²) < 4.78 is 11.4. The van der Waals surface area contributed by atoms with Crippen molar-refractivity contribution in [2.75, 3.05) is 14.2 Å². The zero-order chi connectivity index (χ0) is 17.3. The van der Waals surface area contributed by atoms with Gasteiger partial charge in [-0.3, -0.25) is 4.57 Å². The molecule has 24 heavy (non-hydrogen) atoms. The Morgan fingerprint density at radius 2 is 1.88 bits per heavy atom. The molecule has 0 aliphatic rings. The SMILES string of the molecule is COC(=O)C(c1ccc(OC)cc1)n1c(=O)[nH]c2ccc(Cl)cc21. The Morgan fingerprint density at radius 3 is 2.50 bits per heavy atom. The van der Waals surface area contributed by atoms with Gasteiger partial charge in [0.05, 0.1) is 25.3 Å².